The summed E-state index contributed by atoms with van der Waals surface area (Å²) >= 11 is 5.82. The molecule has 1 aliphatic rings. The fraction of sp³-hybridized carbons (Fsp3) is 0.381. The molecule has 3 rings (SSSR count). The average molecular weight is 431 g/mol. The lowest BCUT2D eigenvalue weighted by atomic mass is 9.96. The number of aromatic nitrogens is 2. The van der Waals surface area contributed by atoms with Crippen LogP contribution in [0, 0.1) is 12.8 Å². The molecule has 0 aliphatic carbocycles. The van der Waals surface area contributed by atoms with Crippen molar-refractivity contribution in [1.29, 1.82) is 0 Å². The molecule has 2 aromatic heterocycles. The lowest BCUT2D eigenvalue weighted by Crippen LogP contribution is -2.44. The van der Waals surface area contributed by atoms with E-state index in [1.165, 1.54) is 18.5 Å². The van der Waals surface area contributed by atoms with Crippen molar-refractivity contribution in [3.05, 3.63) is 52.4 Å². The van der Waals surface area contributed by atoms with Crippen molar-refractivity contribution in [3.8, 4) is 0 Å². The summed E-state index contributed by atoms with van der Waals surface area (Å²) in [5.74, 6) is -0.923. The highest BCUT2D eigenvalue weighted by atomic mass is 35.5. The van der Waals surface area contributed by atoms with Gasteiger partial charge in [0.05, 0.1) is 34.4 Å². The van der Waals surface area contributed by atoms with E-state index >= 15 is 0 Å². The smallest absolute Gasteiger partial charge is 0.339 e. The zero-order valence-corrected chi connectivity index (χ0v) is 17.6. The molecule has 2 amide bonds. The molecule has 8 nitrogen and oxygen atoms in total. The van der Waals surface area contributed by atoms with Crippen LogP contribution in [0.15, 0.2) is 30.6 Å². The Morgan fingerprint density at radius 1 is 1.27 bits per heavy atom. The third-order valence-corrected chi connectivity index (χ3v) is 5.11. The van der Waals surface area contributed by atoms with Crippen LogP contribution >= 0.6 is 11.6 Å². The molecule has 1 saturated heterocycles. The predicted molar refractivity (Wildman–Crippen MR) is 111 cm³/mol. The molecule has 0 saturated carbocycles. The number of anilines is 1. The van der Waals surface area contributed by atoms with Gasteiger partial charge in [0.1, 0.15) is 5.82 Å². The van der Waals surface area contributed by atoms with Crippen LogP contribution in [-0.4, -0.2) is 52.3 Å². The number of carbonyl (C=O) groups excluding carboxylic acids is 3. The summed E-state index contributed by atoms with van der Waals surface area (Å²) in [6.45, 7) is 4.47. The molecule has 30 heavy (non-hydrogen) atoms. The first kappa shape index (κ1) is 21.7. The van der Waals surface area contributed by atoms with Gasteiger partial charge in [0, 0.05) is 25.5 Å². The van der Waals surface area contributed by atoms with E-state index in [1.54, 1.807) is 30.9 Å². The first-order chi connectivity index (χ1) is 14.4. The number of hydrogen-bond donors (Lipinski definition) is 1. The number of nitrogens with zero attached hydrogens (tertiary/aromatic N) is 3. The number of aryl methyl sites for hydroxylation is 1. The van der Waals surface area contributed by atoms with Crippen LogP contribution in [0.5, 0.6) is 0 Å². The SMILES string of the molecule is CCOC(=O)c1cnc(C)c(C(=O)N2CCC[C@H](C(=O)Nc3ccc(Cl)cn3)C2)c1. The molecule has 1 fully saturated rings. The number of pyridine rings is 2. The van der Waals surface area contributed by atoms with Crippen LogP contribution in [0.1, 0.15) is 46.2 Å². The zero-order valence-electron chi connectivity index (χ0n) is 16.9. The molecule has 0 spiro atoms. The Kier molecular flexibility index (Phi) is 6.99. The molecule has 2 aromatic rings. The summed E-state index contributed by atoms with van der Waals surface area (Å²) in [5.41, 5.74) is 1.08. The third-order valence-electron chi connectivity index (χ3n) is 4.89. The highest BCUT2D eigenvalue weighted by Gasteiger charge is 2.30. The number of ether oxygens (including phenoxy) is 1. The number of amides is 2. The van der Waals surface area contributed by atoms with Crippen molar-refractivity contribution in [1.82, 2.24) is 14.9 Å². The van der Waals surface area contributed by atoms with E-state index in [-0.39, 0.29) is 36.4 Å². The summed E-state index contributed by atoms with van der Waals surface area (Å²) < 4.78 is 4.99. The van der Waals surface area contributed by atoms with Crippen molar-refractivity contribution in [2.45, 2.75) is 26.7 Å². The fourth-order valence-electron chi connectivity index (χ4n) is 3.30. The second-order valence-corrected chi connectivity index (χ2v) is 7.46. The first-order valence-electron chi connectivity index (χ1n) is 9.74. The summed E-state index contributed by atoms with van der Waals surface area (Å²) in [6.07, 6.45) is 4.22. The monoisotopic (exact) mass is 430 g/mol. The molecule has 0 aromatic carbocycles. The van der Waals surface area contributed by atoms with Gasteiger partial charge >= 0.3 is 5.97 Å². The van der Waals surface area contributed by atoms with Crippen molar-refractivity contribution in [2.24, 2.45) is 5.92 Å². The molecule has 1 aliphatic heterocycles. The lowest BCUT2D eigenvalue weighted by molar-refractivity contribution is -0.121. The molecule has 0 bridgehead atoms. The average Bonchev–Trinajstić information content (AvgIpc) is 2.75. The van der Waals surface area contributed by atoms with Crippen molar-refractivity contribution in [2.75, 3.05) is 25.0 Å². The number of esters is 1. The molecule has 0 radical (unpaired) electrons. The number of hydrogen-bond acceptors (Lipinski definition) is 6. The highest BCUT2D eigenvalue weighted by Crippen LogP contribution is 2.22. The molecular formula is C21H23ClN4O4. The second-order valence-electron chi connectivity index (χ2n) is 7.02. The maximum atomic E-state index is 13.1. The molecule has 1 N–H and O–H groups in total. The highest BCUT2D eigenvalue weighted by molar-refractivity contribution is 6.30. The lowest BCUT2D eigenvalue weighted by Gasteiger charge is -2.32. The van der Waals surface area contributed by atoms with E-state index < -0.39 is 5.97 Å². The van der Waals surface area contributed by atoms with Crippen LogP contribution in [0.25, 0.3) is 0 Å². The number of likely N-dealkylation sites (tertiary alicyclic amines) is 1. The second kappa shape index (κ2) is 9.67. The van der Waals surface area contributed by atoms with Gasteiger partial charge in [-0.05, 0) is 44.9 Å². The summed E-state index contributed by atoms with van der Waals surface area (Å²) in [5, 5.41) is 3.25. The van der Waals surface area contributed by atoms with Crippen molar-refractivity contribution >= 4 is 35.2 Å². The van der Waals surface area contributed by atoms with E-state index in [0.717, 1.165) is 0 Å². The van der Waals surface area contributed by atoms with Gasteiger partial charge < -0.3 is 15.0 Å². The Morgan fingerprint density at radius 2 is 2.07 bits per heavy atom. The molecule has 9 heteroatoms. The van der Waals surface area contributed by atoms with E-state index in [1.807, 2.05) is 0 Å². The van der Waals surface area contributed by atoms with Gasteiger partial charge in [0.15, 0.2) is 0 Å². The maximum absolute atomic E-state index is 13.1. The Labute approximate surface area is 179 Å². The van der Waals surface area contributed by atoms with Gasteiger partial charge in [0.25, 0.3) is 5.91 Å². The topological polar surface area (TPSA) is 101 Å². The number of halogens is 1. The number of rotatable bonds is 5. The minimum absolute atomic E-state index is 0.197. The van der Waals surface area contributed by atoms with Gasteiger partial charge in [-0.15, -0.1) is 0 Å². The number of piperidine rings is 1. The van der Waals surface area contributed by atoms with E-state index in [2.05, 4.69) is 15.3 Å². The molecule has 158 valence electrons. The quantitative estimate of drug-likeness (QED) is 0.731. The molecule has 1 atom stereocenters. The van der Waals surface area contributed by atoms with Crippen molar-refractivity contribution in [3.63, 3.8) is 0 Å². The van der Waals surface area contributed by atoms with E-state index in [9.17, 15) is 14.4 Å². The predicted octanol–water partition coefficient (Wildman–Crippen LogP) is 3.11. The summed E-state index contributed by atoms with van der Waals surface area (Å²) in [4.78, 5) is 47.6. The normalized spacial score (nSPS) is 16.1. The Morgan fingerprint density at radius 3 is 2.77 bits per heavy atom. The first-order valence-corrected chi connectivity index (χ1v) is 10.1. The number of nitrogens with one attached hydrogen (secondary N) is 1. The Balaban J connectivity index is 1.71. The van der Waals surface area contributed by atoms with Gasteiger partial charge in [-0.3, -0.25) is 14.6 Å². The standard InChI is InChI=1S/C21H23ClN4O4/c1-3-30-21(29)15-9-17(13(2)23-10-15)20(28)26-8-4-5-14(12-26)19(27)25-18-7-6-16(22)11-24-18/h6-7,9-11,14H,3-5,8,12H2,1-2H3,(H,24,25,27)/t14-/m0/s1. The number of carbonyl (C=O) groups is 3. The maximum Gasteiger partial charge on any atom is 0.339 e. The van der Waals surface area contributed by atoms with Crippen LogP contribution in [0.3, 0.4) is 0 Å². The Hall–Kier alpha value is -3.00. The summed E-state index contributed by atoms with van der Waals surface area (Å²) in [6, 6.07) is 4.78. The minimum atomic E-state index is -0.523. The molecule has 3 heterocycles. The third kappa shape index (κ3) is 5.13. The van der Waals surface area contributed by atoms with Crippen LogP contribution in [0.2, 0.25) is 5.02 Å². The molecular weight excluding hydrogens is 408 g/mol. The Bertz CT molecular complexity index is 949. The van der Waals surface area contributed by atoms with E-state index in [0.29, 0.717) is 41.5 Å². The van der Waals surface area contributed by atoms with Crippen LogP contribution in [-0.2, 0) is 9.53 Å². The van der Waals surface area contributed by atoms with Crippen LogP contribution < -0.4 is 5.32 Å². The zero-order chi connectivity index (χ0) is 21.7. The van der Waals surface area contributed by atoms with E-state index in [4.69, 9.17) is 16.3 Å². The minimum Gasteiger partial charge on any atom is -0.462 e. The van der Waals surface area contributed by atoms with Crippen molar-refractivity contribution < 1.29 is 19.1 Å². The van der Waals surface area contributed by atoms with Gasteiger partial charge in [0.2, 0.25) is 5.91 Å². The van der Waals surface area contributed by atoms with Gasteiger partial charge in [-0.25, -0.2) is 9.78 Å². The van der Waals surface area contributed by atoms with Gasteiger partial charge in [-0.1, -0.05) is 11.6 Å². The van der Waals surface area contributed by atoms with Crippen LogP contribution in [0.4, 0.5) is 5.82 Å². The summed E-state index contributed by atoms with van der Waals surface area (Å²) in [7, 11) is 0. The van der Waals surface area contributed by atoms with Gasteiger partial charge in [-0.2, -0.15) is 0 Å². The fourth-order valence-corrected chi connectivity index (χ4v) is 3.41. The largest absolute Gasteiger partial charge is 0.462 e. The molecule has 0 unspecified atom stereocenters.